The summed E-state index contributed by atoms with van der Waals surface area (Å²) >= 11 is 6.24. The highest BCUT2D eigenvalue weighted by Crippen LogP contribution is 2.31. The predicted molar refractivity (Wildman–Crippen MR) is 72.8 cm³/mol. The van der Waals surface area contributed by atoms with Crippen LogP contribution in [0.25, 0.3) is 11.0 Å². The van der Waals surface area contributed by atoms with E-state index in [2.05, 4.69) is 12.2 Å². The van der Waals surface area contributed by atoms with Crippen LogP contribution < -0.4 is 5.32 Å². The van der Waals surface area contributed by atoms with Crippen molar-refractivity contribution < 1.29 is 4.42 Å². The van der Waals surface area contributed by atoms with E-state index in [1.54, 1.807) is 0 Å². The highest BCUT2D eigenvalue weighted by molar-refractivity contribution is 6.35. The minimum Gasteiger partial charge on any atom is -0.464 e. The molecule has 3 heteroatoms. The Hall–Kier alpha value is -0.990. The molecule has 92 valence electrons. The Labute approximate surface area is 107 Å². The van der Waals surface area contributed by atoms with E-state index >= 15 is 0 Å². The lowest BCUT2D eigenvalue weighted by Crippen LogP contribution is -2.17. The summed E-state index contributed by atoms with van der Waals surface area (Å²) in [6, 6.07) is 3.94. The molecule has 0 aliphatic heterocycles. The fourth-order valence-electron chi connectivity index (χ4n) is 2.01. The molecule has 2 rings (SSSR count). The zero-order chi connectivity index (χ0) is 12.3. The van der Waals surface area contributed by atoms with E-state index in [1.165, 1.54) is 5.56 Å². The Bertz CT molecular complexity index is 504. The molecule has 0 atom stereocenters. The van der Waals surface area contributed by atoms with Crippen LogP contribution in [-0.2, 0) is 6.42 Å². The van der Waals surface area contributed by atoms with E-state index in [4.69, 9.17) is 16.0 Å². The number of hydrogen-bond acceptors (Lipinski definition) is 2. The lowest BCUT2D eigenvalue weighted by atomic mass is 10.1. The summed E-state index contributed by atoms with van der Waals surface area (Å²) in [7, 11) is 0. The third-order valence-corrected chi connectivity index (χ3v) is 3.26. The molecule has 0 unspecified atom stereocenters. The van der Waals surface area contributed by atoms with Crippen molar-refractivity contribution in [2.24, 2.45) is 0 Å². The van der Waals surface area contributed by atoms with Gasteiger partial charge in [0.15, 0.2) is 0 Å². The van der Waals surface area contributed by atoms with Crippen molar-refractivity contribution in [1.82, 2.24) is 5.32 Å². The van der Waals surface area contributed by atoms with Gasteiger partial charge in [0, 0.05) is 10.9 Å². The molecule has 0 saturated heterocycles. The summed E-state index contributed by atoms with van der Waals surface area (Å²) in [6.45, 7) is 6.23. The number of nitrogens with one attached hydrogen (secondary N) is 1. The number of halogens is 1. The van der Waals surface area contributed by atoms with Gasteiger partial charge in [-0.15, -0.1) is 0 Å². The molecule has 1 aromatic heterocycles. The second kappa shape index (κ2) is 5.56. The van der Waals surface area contributed by atoms with Gasteiger partial charge in [-0.25, -0.2) is 0 Å². The SMILES string of the molecule is CCCNCCc1coc2c(C)ccc(Cl)c12. The van der Waals surface area contributed by atoms with Crippen molar-refractivity contribution in [3.63, 3.8) is 0 Å². The Balaban J connectivity index is 2.20. The van der Waals surface area contributed by atoms with Gasteiger partial charge in [0.2, 0.25) is 0 Å². The van der Waals surface area contributed by atoms with Crippen LogP contribution >= 0.6 is 11.6 Å². The van der Waals surface area contributed by atoms with E-state index in [-0.39, 0.29) is 0 Å². The maximum atomic E-state index is 6.24. The second-order valence-electron chi connectivity index (χ2n) is 4.33. The standard InChI is InChI=1S/C14H18ClNO/c1-3-7-16-8-6-11-9-17-14-10(2)4-5-12(15)13(11)14/h4-5,9,16H,3,6-8H2,1-2H3. The average Bonchev–Trinajstić information content (AvgIpc) is 2.75. The van der Waals surface area contributed by atoms with Crippen LogP contribution in [-0.4, -0.2) is 13.1 Å². The van der Waals surface area contributed by atoms with Gasteiger partial charge in [-0.05, 0) is 44.5 Å². The summed E-state index contributed by atoms with van der Waals surface area (Å²) in [5.41, 5.74) is 3.25. The highest BCUT2D eigenvalue weighted by atomic mass is 35.5. The van der Waals surface area contributed by atoms with Crippen LogP contribution in [0.4, 0.5) is 0 Å². The van der Waals surface area contributed by atoms with Crippen molar-refractivity contribution in [2.75, 3.05) is 13.1 Å². The van der Waals surface area contributed by atoms with Gasteiger partial charge in [0.25, 0.3) is 0 Å². The summed E-state index contributed by atoms with van der Waals surface area (Å²) in [6.07, 6.45) is 3.94. The molecular weight excluding hydrogens is 234 g/mol. The minimum atomic E-state index is 0.782. The first-order chi connectivity index (χ1) is 8.24. The average molecular weight is 252 g/mol. The molecule has 17 heavy (non-hydrogen) atoms. The first-order valence-electron chi connectivity index (χ1n) is 6.10. The zero-order valence-electron chi connectivity index (χ0n) is 10.3. The quantitative estimate of drug-likeness (QED) is 0.815. The van der Waals surface area contributed by atoms with Crippen LogP contribution in [0.15, 0.2) is 22.8 Å². The lowest BCUT2D eigenvalue weighted by Gasteiger charge is -2.03. The molecule has 1 aromatic carbocycles. The number of benzene rings is 1. The molecule has 0 radical (unpaired) electrons. The van der Waals surface area contributed by atoms with Crippen LogP contribution in [0.5, 0.6) is 0 Å². The van der Waals surface area contributed by atoms with Gasteiger partial charge < -0.3 is 9.73 Å². The third kappa shape index (κ3) is 2.64. The second-order valence-corrected chi connectivity index (χ2v) is 4.74. The van der Waals surface area contributed by atoms with Gasteiger partial charge in [0.05, 0.1) is 11.3 Å². The van der Waals surface area contributed by atoms with Gasteiger partial charge in [-0.3, -0.25) is 0 Å². The molecular formula is C14H18ClNO. The number of aryl methyl sites for hydroxylation is 1. The van der Waals surface area contributed by atoms with E-state index in [1.807, 2.05) is 25.3 Å². The third-order valence-electron chi connectivity index (χ3n) is 2.94. The van der Waals surface area contributed by atoms with Crippen LogP contribution in [0.2, 0.25) is 5.02 Å². The lowest BCUT2D eigenvalue weighted by molar-refractivity contribution is 0.603. The van der Waals surface area contributed by atoms with E-state index in [9.17, 15) is 0 Å². The van der Waals surface area contributed by atoms with Crippen molar-refractivity contribution in [3.05, 3.63) is 34.5 Å². The molecule has 0 aliphatic carbocycles. The van der Waals surface area contributed by atoms with Crippen LogP contribution in [0.1, 0.15) is 24.5 Å². The topological polar surface area (TPSA) is 25.2 Å². The fraction of sp³-hybridized carbons (Fsp3) is 0.429. The largest absolute Gasteiger partial charge is 0.464 e. The molecule has 0 aliphatic rings. The van der Waals surface area contributed by atoms with Crippen LogP contribution in [0, 0.1) is 6.92 Å². The first kappa shape index (κ1) is 12.5. The molecule has 0 spiro atoms. The smallest absolute Gasteiger partial charge is 0.138 e. The molecule has 0 amide bonds. The number of furan rings is 1. The summed E-state index contributed by atoms with van der Waals surface area (Å²) in [4.78, 5) is 0. The minimum absolute atomic E-state index is 0.782. The maximum absolute atomic E-state index is 6.24. The van der Waals surface area contributed by atoms with E-state index < -0.39 is 0 Å². The van der Waals surface area contributed by atoms with E-state index in [0.717, 1.165) is 47.5 Å². The number of fused-ring (bicyclic) bond motifs is 1. The van der Waals surface area contributed by atoms with E-state index in [0.29, 0.717) is 0 Å². The molecule has 2 aromatic rings. The van der Waals surface area contributed by atoms with Crippen molar-refractivity contribution in [3.8, 4) is 0 Å². The maximum Gasteiger partial charge on any atom is 0.138 e. The Morgan fingerprint density at radius 3 is 2.88 bits per heavy atom. The molecule has 2 nitrogen and oxygen atoms in total. The van der Waals surface area contributed by atoms with Crippen LogP contribution in [0.3, 0.4) is 0 Å². The van der Waals surface area contributed by atoms with Gasteiger partial charge in [-0.1, -0.05) is 24.6 Å². The summed E-state index contributed by atoms with van der Waals surface area (Å²) in [5, 5.41) is 5.24. The van der Waals surface area contributed by atoms with Crippen molar-refractivity contribution >= 4 is 22.6 Å². The Kier molecular flexibility index (Phi) is 4.08. The zero-order valence-corrected chi connectivity index (χ0v) is 11.1. The molecule has 0 fully saturated rings. The first-order valence-corrected chi connectivity index (χ1v) is 6.47. The van der Waals surface area contributed by atoms with Gasteiger partial charge >= 0.3 is 0 Å². The van der Waals surface area contributed by atoms with Crippen molar-refractivity contribution in [1.29, 1.82) is 0 Å². The Morgan fingerprint density at radius 1 is 1.29 bits per heavy atom. The normalized spacial score (nSPS) is 11.2. The summed E-state index contributed by atoms with van der Waals surface area (Å²) < 4.78 is 5.61. The van der Waals surface area contributed by atoms with Gasteiger partial charge in [-0.2, -0.15) is 0 Å². The predicted octanol–water partition coefficient (Wildman–Crippen LogP) is 3.94. The molecule has 1 N–H and O–H groups in total. The molecule has 1 heterocycles. The number of hydrogen-bond donors (Lipinski definition) is 1. The van der Waals surface area contributed by atoms with Crippen molar-refractivity contribution in [2.45, 2.75) is 26.7 Å². The Morgan fingerprint density at radius 2 is 2.12 bits per heavy atom. The molecule has 0 saturated carbocycles. The monoisotopic (exact) mass is 251 g/mol. The fourth-order valence-corrected chi connectivity index (χ4v) is 2.28. The number of rotatable bonds is 5. The summed E-state index contributed by atoms with van der Waals surface area (Å²) in [5.74, 6) is 0. The van der Waals surface area contributed by atoms with Gasteiger partial charge in [0.1, 0.15) is 5.58 Å². The molecule has 0 bridgehead atoms. The highest BCUT2D eigenvalue weighted by Gasteiger charge is 2.11.